The van der Waals surface area contributed by atoms with Gasteiger partial charge in [-0.1, -0.05) is 12.1 Å². The molecule has 5 aliphatic heterocycles. The zero-order chi connectivity index (χ0) is 97.8. The minimum absolute atomic E-state index is 0.0423. The van der Waals surface area contributed by atoms with Gasteiger partial charge in [-0.25, -0.2) is 22.9 Å². The first-order valence-electron chi connectivity index (χ1n) is 48.0. The number of piperazine rings is 1. The number of amides is 3. The SMILES string of the molecule is COCCOCCOCCOCCOCCOCCOCCOCCOCCOCCOCCOCCOCCOCCOCCOCCOCCOCCOCCOCCOCCOCCOCC(=O)OCn1cc(C(=O)c2c(F)ccc(NS(=O)(=O)N3CC[C@@H](F)C3)c2F)c2cc(-c3ccc(N4CCN(CC5CCN(c6ccc7c(c6)CN(C6CCC(=O)NC6=O)C7=O)CC5)CC4)cc3)cnc21. The van der Waals surface area contributed by atoms with E-state index >= 15 is 8.78 Å². The first kappa shape index (κ1) is 113. The molecule has 0 spiro atoms. The lowest BCUT2D eigenvalue weighted by molar-refractivity contribution is -0.153. The summed E-state index contributed by atoms with van der Waals surface area (Å²) in [6.07, 6.45) is 3.89. The van der Waals surface area contributed by atoms with E-state index in [9.17, 15) is 36.8 Å². The number of alkyl halides is 1. The Morgan fingerprint density at radius 2 is 0.885 bits per heavy atom. The van der Waals surface area contributed by atoms with Crippen LogP contribution in [0.5, 0.6) is 0 Å². The van der Waals surface area contributed by atoms with E-state index in [1.54, 1.807) is 24.3 Å². The number of nitrogens with one attached hydrogen (secondary N) is 2. The Morgan fingerprint density at radius 3 is 1.30 bits per heavy atom. The maximum atomic E-state index is 16.5. The maximum Gasteiger partial charge on any atom is 0.333 e. The average Bonchev–Trinajstić information content (AvgIpc) is 1.63. The molecule has 4 fully saturated rings. The molecule has 2 atom stereocenters. The van der Waals surface area contributed by atoms with Crippen LogP contribution >= 0.6 is 0 Å². The van der Waals surface area contributed by atoms with Gasteiger partial charge in [0.25, 0.3) is 5.91 Å². The van der Waals surface area contributed by atoms with Crippen LogP contribution in [0, 0.1) is 17.6 Å². The van der Waals surface area contributed by atoms with Gasteiger partial charge in [-0.15, -0.1) is 0 Å². The molecule has 5 aromatic rings. The molecular formula is C95H142F3N9O31S. The number of aromatic nitrogens is 2. The number of piperidine rings is 2. The highest BCUT2D eigenvalue weighted by molar-refractivity contribution is 7.90. The van der Waals surface area contributed by atoms with Gasteiger partial charge in [-0.2, -0.15) is 12.7 Å². The van der Waals surface area contributed by atoms with E-state index in [0.29, 0.717) is 300 Å². The molecule has 44 heteroatoms. The van der Waals surface area contributed by atoms with Gasteiger partial charge in [0.1, 0.15) is 30.3 Å². The summed E-state index contributed by atoms with van der Waals surface area (Å²) < 4.78 is 209. The number of ketones is 1. The standard InChI is InChI=1S/C95H142F3N9O31S/c1-115-22-23-116-24-25-117-26-27-118-28-29-119-30-31-120-32-33-121-34-35-122-36-37-123-38-39-124-40-41-125-42-43-126-44-45-127-46-47-128-48-49-129-50-51-130-52-53-131-54-55-132-56-57-133-58-59-134-60-61-135-62-63-136-64-65-137-73-89(109)138-74-105-72-84(92(110)90-85(97)8-9-86(91(90)98)101-139(113,114)106-17-14-79(96)71-106)83-67-77(68-99-93(83)105)76-2-4-80(5-3-76)104-20-18-102(19-21-104)69-75-12-15-103(16-13-75)81-6-7-82-78(66-81)70-107(95(82)112)87-10-11-88(108)100-94(87)111/h2-9,66-68,72,75,79,87,101H,10-65,69-71,73-74H2,1H3,(H,100,108,111)/t79-,87?/m1/s1. The first-order chi connectivity index (χ1) is 68.1. The summed E-state index contributed by atoms with van der Waals surface area (Å²) in [6, 6.07) is 16.3. The third-order valence-electron chi connectivity index (χ3n) is 22.7. The molecule has 0 aliphatic carbocycles. The van der Waals surface area contributed by atoms with Crippen LogP contribution in [0.3, 0.4) is 0 Å². The number of carbonyl (C=O) groups excluding carboxylic acids is 5. The van der Waals surface area contributed by atoms with Gasteiger partial charge in [0, 0.05) is 119 Å². The maximum absolute atomic E-state index is 16.5. The summed E-state index contributed by atoms with van der Waals surface area (Å²) in [7, 11) is -2.86. The molecule has 0 bridgehead atoms. The number of fused-ring (bicyclic) bond motifs is 2. The Hall–Kier alpha value is -7.76. The van der Waals surface area contributed by atoms with E-state index in [0.717, 1.165) is 92.0 Å². The van der Waals surface area contributed by atoms with Gasteiger partial charge in [0.15, 0.2) is 12.5 Å². The van der Waals surface area contributed by atoms with Gasteiger partial charge in [0.05, 0.1) is 308 Å². The molecule has 10 rings (SSSR count). The Labute approximate surface area is 811 Å². The molecule has 780 valence electrons. The largest absolute Gasteiger partial charge is 0.442 e. The lowest BCUT2D eigenvalue weighted by Gasteiger charge is -2.40. The molecule has 7 heterocycles. The van der Waals surface area contributed by atoms with E-state index in [1.807, 2.05) is 36.4 Å². The predicted octanol–water partition coefficient (Wildman–Crippen LogP) is 5.22. The molecule has 139 heavy (non-hydrogen) atoms. The van der Waals surface area contributed by atoms with Crippen molar-refractivity contribution in [3.8, 4) is 11.1 Å². The van der Waals surface area contributed by atoms with Crippen LogP contribution in [0.2, 0.25) is 0 Å². The minimum atomic E-state index is -4.50. The van der Waals surface area contributed by atoms with Crippen molar-refractivity contribution in [2.24, 2.45) is 5.92 Å². The van der Waals surface area contributed by atoms with E-state index < -0.39 is 82.9 Å². The fourth-order valence-electron chi connectivity index (χ4n) is 15.3. The van der Waals surface area contributed by atoms with Crippen molar-refractivity contribution in [2.75, 3.05) is 378 Å². The van der Waals surface area contributed by atoms with E-state index in [1.165, 1.54) is 10.8 Å². The predicted molar refractivity (Wildman–Crippen MR) is 501 cm³/mol. The quantitative estimate of drug-likeness (QED) is 0.0218. The highest BCUT2D eigenvalue weighted by atomic mass is 32.2. The van der Waals surface area contributed by atoms with E-state index in [2.05, 4.69) is 35.8 Å². The Kier molecular flexibility index (Phi) is 55.1. The molecule has 3 amide bonds. The lowest BCUT2D eigenvalue weighted by atomic mass is 9.95. The van der Waals surface area contributed by atoms with Crippen LogP contribution in [-0.2, 0) is 152 Å². The Balaban J connectivity index is 0.477. The first-order valence-corrected chi connectivity index (χ1v) is 49.5. The van der Waals surface area contributed by atoms with E-state index in [4.69, 9.17) is 114 Å². The molecule has 2 aromatic heterocycles. The van der Waals surface area contributed by atoms with Crippen LogP contribution < -0.4 is 19.8 Å². The Morgan fingerprint density at radius 1 is 0.468 bits per heavy atom. The van der Waals surface area contributed by atoms with Crippen molar-refractivity contribution in [1.82, 2.24) is 29.0 Å². The van der Waals surface area contributed by atoms with Gasteiger partial charge >= 0.3 is 16.2 Å². The third kappa shape index (κ3) is 42.6. The summed E-state index contributed by atoms with van der Waals surface area (Å²) in [4.78, 5) is 78.8. The highest BCUT2D eigenvalue weighted by Crippen LogP contribution is 2.36. The lowest BCUT2D eigenvalue weighted by Crippen LogP contribution is -2.52. The van der Waals surface area contributed by atoms with Crippen LogP contribution in [0.25, 0.3) is 22.2 Å². The fraction of sp³-hybridized carbons (Fsp3) is 0.684. The number of nitrogens with zero attached hydrogens (tertiary/aromatic N) is 7. The number of halogens is 3. The molecule has 40 nitrogen and oxygen atoms in total. The number of methoxy groups -OCH3 is 1. The number of anilines is 3. The van der Waals surface area contributed by atoms with Crippen molar-refractivity contribution in [3.63, 3.8) is 0 Å². The number of ether oxygens (including phenoxy) is 24. The van der Waals surface area contributed by atoms with Crippen molar-refractivity contribution in [1.29, 1.82) is 0 Å². The van der Waals surface area contributed by atoms with Crippen LogP contribution in [0.15, 0.2) is 73.1 Å². The number of rotatable bonds is 81. The number of hydrogen-bond acceptors (Lipinski definition) is 35. The number of hydrogen-bond donors (Lipinski definition) is 2. The number of esters is 1. The molecule has 0 saturated carbocycles. The number of imide groups is 1. The summed E-state index contributed by atoms with van der Waals surface area (Å²) in [5.41, 5.74) is 2.92. The fourth-order valence-corrected chi connectivity index (χ4v) is 16.6. The summed E-state index contributed by atoms with van der Waals surface area (Å²) in [5, 5.41) is 2.52. The topological polar surface area (TPSA) is 399 Å². The molecule has 5 aliphatic rings. The molecule has 3 aromatic carbocycles. The van der Waals surface area contributed by atoms with E-state index in [-0.39, 0.29) is 74.2 Å². The Bertz CT molecular complexity index is 4420. The van der Waals surface area contributed by atoms with Crippen LogP contribution in [-0.4, -0.2) is 437 Å². The second-order valence-electron chi connectivity index (χ2n) is 32.6. The highest BCUT2D eigenvalue weighted by Gasteiger charge is 2.40. The van der Waals surface area contributed by atoms with Crippen molar-refractivity contribution in [2.45, 2.75) is 57.6 Å². The van der Waals surface area contributed by atoms with Gasteiger partial charge < -0.3 is 128 Å². The summed E-state index contributed by atoms with van der Waals surface area (Å²) in [5.74, 6) is -5.12. The van der Waals surface area contributed by atoms with Crippen molar-refractivity contribution < 1.29 is 159 Å². The second kappa shape index (κ2) is 67.7. The van der Waals surface area contributed by atoms with Crippen molar-refractivity contribution >= 4 is 67.8 Å². The van der Waals surface area contributed by atoms with Gasteiger partial charge in [-0.3, -0.25) is 38.7 Å². The summed E-state index contributed by atoms with van der Waals surface area (Å²) >= 11 is 0. The average molecular weight is 2000 g/mol. The number of carbonyl (C=O) groups is 5. The number of pyridine rings is 1. The zero-order valence-electron chi connectivity index (χ0n) is 80.1. The van der Waals surface area contributed by atoms with Crippen LogP contribution in [0.1, 0.15) is 63.9 Å². The summed E-state index contributed by atoms with van der Waals surface area (Å²) in [6.45, 7) is 23.9. The van der Waals surface area contributed by atoms with Gasteiger partial charge in [-0.05, 0) is 91.3 Å². The second-order valence-corrected chi connectivity index (χ2v) is 34.3. The van der Waals surface area contributed by atoms with Crippen molar-refractivity contribution in [3.05, 3.63) is 107 Å². The smallest absolute Gasteiger partial charge is 0.333 e. The van der Waals surface area contributed by atoms with Gasteiger partial charge in [0.2, 0.25) is 17.6 Å². The molecule has 1 unspecified atom stereocenters. The molecule has 4 saturated heterocycles. The molecular weight excluding hydrogens is 1850 g/mol. The monoisotopic (exact) mass is 1990 g/mol. The zero-order valence-corrected chi connectivity index (χ0v) is 80.9. The third-order valence-corrected chi connectivity index (χ3v) is 24.2. The minimum Gasteiger partial charge on any atom is -0.442 e. The number of benzene rings is 3. The molecule has 0 radical (unpaired) electrons. The van der Waals surface area contributed by atoms with Crippen LogP contribution in [0.4, 0.5) is 30.2 Å². The normalized spacial score (nSPS) is 16.3. The molecule has 2 N–H and O–H groups in total.